The van der Waals surface area contributed by atoms with E-state index in [1.165, 1.54) is 17.7 Å². The summed E-state index contributed by atoms with van der Waals surface area (Å²) in [6.45, 7) is 5.53. The van der Waals surface area contributed by atoms with Crippen molar-refractivity contribution in [3.8, 4) is 0 Å². The van der Waals surface area contributed by atoms with Gasteiger partial charge in [-0.15, -0.1) is 0 Å². The molecule has 1 amide bonds. The molecule has 0 fully saturated rings. The Morgan fingerprint density at radius 2 is 1.79 bits per heavy atom. The number of nitrogens with one attached hydrogen (secondary N) is 2. The maximum atomic E-state index is 12.7. The average molecular weight is 465 g/mol. The lowest BCUT2D eigenvalue weighted by Crippen LogP contribution is -2.16. The number of aryl methyl sites for hydroxylation is 3. The molecule has 0 atom stereocenters. The second-order valence-electron chi connectivity index (χ2n) is 7.74. The number of sulfonamides is 1. The monoisotopic (exact) mass is 464 g/mol. The highest BCUT2D eigenvalue weighted by molar-refractivity contribution is 7.92. The fraction of sp³-hybridized carbons (Fsp3) is 0.208. The molecule has 9 heteroatoms. The zero-order chi connectivity index (χ0) is 23.6. The molecule has 0 aliphatic rings. The van der Waals surface area contributed by atoms with E-state index in [1.54, 1.807) is 38.3 Å². The molecule has 170 valence electrons. The number of benzene rings is 2. The van der Waals surface area contributed by atoms with E-state index in [0.717, 1.165) is 23.0 Å². The number of furan rings is 1. The molecule has 0 aliphatic heterocycles. The Morgan fingerprint density at radius 1 is 1.03 bits per heavy atom. The van der Waals surface area contributed by atoms with Gasteiger partial charge >= 0.3 is 0 Å². The minimum atomic E-state index is -3.83. The van der Waals surface area contributed by atoms with Crippen molar-refractivity contribution < 1.29 is 17.6 Å². The van der Waals surface area contributed by atoms with Crippen molar-refractivity contribution in [2.45, 2.75) is 38.5 Å². The summed E-state index contributed by atoms with van der Waals surface area (Å²) in [5.41, 5.74) is 3.87. The maximum Gasteiger partial charge on any atom is 0.263 e. The topological polar surface area (TPSA) is 114 Å². The molecule has 33 heavy (non-hydrogen) atoms. The molecule has 0 aliphatic carbocycles. The van der Waals surface area contributed by atoms with Crippen LogP contribution in [-0.2, 0) is 27.7 Å². The summed E-state index contributed by atoms with van der Waals surface area (Å²) < 4.78 is 33.4. The minimum Gasteiger partial charge on any atom is -0.464 e. The lowest BCUT2D eigenvalue weighted by atomic mass is 10.1. The average Bonchev–Trinajstić information content (AvgIpc) is 3.14. The fourth-order valence-electron chi connectivity index (χ4n) is 3.55. The van der Waals surface area contributed by atoms with E-state index in [2.05, 4.69) is 26.9 Å². The molecule has 2 N–H and O–H groups in total. The highest BCUT2D eigenvalue weighted by atomic mass is 32.2. The van der Waals surface area contributed by atoms with Crippen LogP contribution in [0.1, 0.15) is 29.6 Å². The van der Waals surface area contributed by atoms with E-state index in [9.17, 15) is 13.2 Å². The van der Waals surface area contributed by atoms with Gasteiger partial charge in [0.15, 0.2) is 0 Å². The first-order chi connectivity index (χ1) is 15.7. The first kappa shape index (κ1) is 22.5. The lowest BCUT2D eigenvalue weighted by Gasteiger charge is -2.10. The van der Waals surface area contributed by atoms with Crippen molar-refractivity contribution >= 4 is 38.4 Å². The summed E-state index contributed by atoms with van der Waals surface area (Å²) in [5.74, 6) is 0.457. The van der Waals surface area contributed by atoms with Gasteiger partial charge in [0, 0.05) is 28.4 Å². The van der Waals surface area contributed by atoms with Crippen molar-refractivity contribution in [1.29, 1.82) is 0 Å². The Balaban J connectivity index is 1.44. The van der Waals surface area contributed by atoms with Crippen LogP contribution in [0, 0.1) is 13.8 Å². The highest BCUT2D eigenvalue weighted by Crippen LogP contribution is 2.24. The molecule has 0 saturated carbocycles. The Kier molecular flexibility index (Phi) is 6.15. The van der Waals surface area contributed by atoms with Crippen LogP contribution >= 0.6 is 0 Å². The van der Waals surface area contributed by atoms with Crippen molar-refractivity contribution in [2.24, 2.45) is 0 Å². The first-order valence-electron chi connectivity index (χ1n) is 10.5. The van der Waals surface area contributed by atoms with Crippen molar-refractivity contribution in [1.82, 2.24) is 9.97 Å². The predicted octanol–water partition coefficient (Wildman–Crippen LogP) is 4.38. The second kappa shape index (κ2) is 9.03. The van der Waals surface area contributed by atoms with Crippen molar-refractivity contribution in [3.05, 3.63) is 77.4 Å². The number of fused-ring (bicyclic) bond motifs is 1. The summed E-state index contributed by atoms with van der Waals surface area (Å²) in [5, 5.41) is 3.72. The number of hydrogen-bond acceptors (Lipinski definition) is 6. The van der Waals surface area contributed by atoms with E-state index in [4.69, 9.17) is 4.42 Å². The van der Waals surface area contributed by atoms with Gasteiger partial charge in [-0.1, -0.05) is 13.0 Å². The number of rotatable bonds is 7. The summed E-state index contributed by atoms with van der Waals surface area (Å²) in [7, 11) is -3.83. The number of hydrogen-bond donors (Lipinski definition) is 2. The Bertz CT molecular complexity index is 1410. The smallest absolute Gasteiger partial charge is 0.263 e. The van der Waals surface area contributed by atoms with Gasteiger partial charge in [0.25, 0.3) is 10.0 Å². The first-order valence-corrected chi connectivity index (χ1v) is 12.0. The molecule has 2 aromatic heterocycles. The van der Waals surface area contributed by atoms with Gasteiger partial charge < -0.3 is 9.73 Å². The highest BCUT2D eigenvalue weighted by Gasteiger charge is 2.16. The minimum absolute atomic E-state index is 0.0577. The molecule has 4 aromatic rings. The number of anilines is 2. The normalized spacial score (nSPS) is 11.5. The second-order valence-corrected chi connectivity index (χ2v) is 9.42. The third-order valence-electron chi connectivity index (χ3n) is 5.13. The molecule has 0 radical (unpaired) electrons. The summed E-state index contributed by atoms with van der Waals surface area (Å²) in [6.07, 6.45) is 2.64. The zero-order valence-electron chi connectivity index (χ0n) is 18.5. The summed E-state index contributed by atoms with van der Waals surface area (Å²) >= 11 is 0. The van der Waals surface area contributed by atoms with Gasteiger partial charge in [-0.25, -0.2) is 18.4 Å². The summed E-state index contributed by atoms with van der Waals surface area (Å²) in [6, 6.07) is 13.5. The molecule has 2 aromatic carbocycles. The van der Waals surface area contributed by atoms with E-state index >= 15 is 0 Å². The van der Waals surface area contributed by atoms with E-state index in [-0.39, 0.29) is 23.0 Å². The molecule has 0 spiro atoms. The van der Waals surface area contributed by atoms with Crippen LogP contribution in [-0.4, -0.2) is 24.3 Å². The Labute approximate surface area is 192 Å². The van der Waals surface area contributed by atoms with Crippen LogP contribution in [0.3, 0.4) is 0 Å². The number of carbonyl (C=O) groups excluding carboxylic acids is 1. The molecule has 0 saturated heterocycles. The van der Waals surface area contributed by atoms with Gasteiger partial charge in [-0.05, 0) is 62.2 Å². The quantitative estimate of drug-likeness (QED) is 0.419. The van der Waals surface area contributed by atoms with E-state index in [0.29, 0.717) is 17.2 Å². The van der Waals surface area contributed by atoms with Gasteiger partial charge in [-0.3, -0.25) is 9.52 Å². The molecule has 0 bridgehead atoms. The van der Waals surface area contributed by atoms with Gasteiger partial charge in [0.2, 0.25) is 5.91 Å². The van der Waals surface area contributed by atoms with Crippen LogP contribution in [0.15, 0.2) is 64.1 Å². The number of carbonyl (C=O) groups is 1. The fourth-order valence-corrected chi connectivity index (χ4v) is 4.54. The Hall–Kier alpha value is -3.72. The zero-order valence-corrected chi connectivity index (χ0v) is 19.4. The summed E-state index contributed by atoms with van der Waals surface area (Å²) in [4.78, 5) is 20.9. The van der Waals surface area contributed by atoms with Gasteiger partial charge in [0.05, 0.1) is 17.6 Å². The third-order valence-corrected chi connectivity index (χ3v) is 6.50. The number of amides is 1. The molecule has 8 nitrogen and oxygen atoms in total. The number of nitrogens with zero attached hydrogens (tertiary/aromatic N) is 2. The van der Waals surface area contributed by atoms with Crippen molar-refractivity contribution in [2.75, 3.05) is 10.0 Å². The van der Waals surface area contributed by atoms with Gasteiger partial charge in [-0.2, -0.15) is 0 Å². The predicted molar refractivity (Wildman–Crippen MR) is 127 cm³/mol. The standard InChI is InChI=1S/C24H24N4O4S/c1-4-17-5-10-22-21(12-17)18(14-32-22)13-24(29)27-19-6-8-20(9-7-19)33(30,31)28-23-11-15(2)25-16(3)26-23/h5-12,14H,4,13H2,1-3H3,(H,27,29)(H,25,26,28). The van der Waals surface area contributed by atoms with E-state index < -0.39 is 10.0 Å². The lowest BCUT2D eigenvalue weighted by molar-refractivity contribution is -0.115. The largest absolute Gasteiger partial charge is 0.464 e. The Morgan fingerprint density at radius 3 is 2.48 bits per heavy atom. The third kappa shape index (κ3) is 5.20. The van der Waals surface area contributed by atoms with Crippen LogP contribution in [0.25, 0.3) is 11.0 Å². The molecule has 2 heterocycles. The SMILES string of the molecule is CCc1ccc2occ(CC(=O)Nc3ccc(S(=O)(=O)Nc4cc(C)nc(C)n4)cc3)c2c1. The van der Waals surface area contributed by atoms with Crippen LogP contribution in [0.4, 0.5) is 11.5 Å². The van der Waals surface area contributed by atoms with Crippen LogP contribution in [0.5, 0.6) is 0 Å². The van der Waals surface area contributed by atoms with Crippen LogP contribution < -0.4 is 10.0 Å². The molecule has 4 rings (SSSR count). The molecular weight excluding hydrogens is 440 g/mol. The van der Waals surface area contributed by atoms with Crippen LogP contribution in [0.2, 0.25) is 0 Å². The maximum absolute atomic E-state index is 12.7. The van der Waals surface area contributed by atoms with E-state index in [1.807, 2.05) is 18.2 Å². The van der Waals surface area contributed by atoms with Crippen molar-refractivity contribution in [3.63, 3.8) is 0 Å². The number of aromatic nitrogens is 2. The molecule has 0 unspecified atom stereocenters. The molecular formula is C24H24N4O4S. The van der Waals surface area contributed by atoms with Gasteiger partial charge in [0.1, 0.15) is 17.2 Å².